The molecular weight excluding hydrogens is 314 g/mol. The summed E-state index contributed by atoms with van der Waals surface area (Å²) in [4.78, 5) is 0. The first kappa shape index (κ1) is 18.8. The van der Waals surface area contributed by atoms with Crippen LogP contribution < -0.4 is 16.8 Å². The van der Waals surface area contributed by atoms with Gasteiger partial charge in [0.15, 0.2) is 0 Å². The van der Waals surface area contributed by atoms with Gasteiger partial charge in [0, 0.05) is 17.6 Å². The molecule has 2 aromatic rings. The highest BCUT2D eigenvalue weighted by atomic mass is 79.9. The van der Waals surface area contributed by atoms with Crippen LogP contribution >= 0.6 is 15.9 Å². The van der Waals surface area contributed by atoms with Crippen LogP contribution in [0.25, 0.3) is 0 Å². The standard InChI is InChI=1S/C8H11N.C7H8BrN.CH5N/c1-9-7-8-5-3-2-4-6-8;8-7-3-1-6(5-9)2-4-7;1-2/h2-6,9H,7H2,1H3;1-4H,5,9H2;2H2,1H3. The molecule has 0 unspecified atom stereocenters. The number of rotatable bonds is 3. The van der Waals surface area contributed by atoms with E-state index < -0.39 is 0 Å². The third-order valence-electron chi connectivity index (χ3n) is 2.37. The zero-order valence-corrected chi connectivity index (χ0v) is 13.7. The van der Waals surface area contributed by atoms with Gasteiger partial charge in [0.1, 0.15) is 0 Å². The second-order valence-corrected chi connectivity index (χ2v) is 4.76. The Hall–Kier alpha value is -1.20. The van der Waals surface area contributed by atoms with Crippen LogP contribution in [0, 0.1) is 0 Å². The highest BCUT2D eigenvalue weighted by Crippen LogP contribution is 2.09. The highest BCUT2D eigenvalue weighted by Gasteiger charge is 1.86. The predicted molar refractivity (Wildman–Crippen MR) is 91.4 cm³/mol. The van der Waals surface area contributed by atoms with Crippen LogP contribution in [0.2, 0.25) is 0 Å². The quantitative estimate of drug-likeness (QED) is 0.806. The Bertz CT molecular complexity index is 429. The van der Waals surface area contributed by atoms with Crippen molar-refractivity contribution in [2.75, 3.05) is 14.1 Å². The maximum atomic E-state index is 5.38. The fraction of sp³-hybridized carbons (Fsp3) is 0.250. The van der Waals surface area contributed by atoms with Crippen molar-refractivity contribution in [2.45, 2.75) is 13.1 Å². The van der Waals surface area contributed by atoms with Gasteiger partial charge in [-0.2, -0.15) is 0 Å². The molecule has 0 aliphatic rings. The molecule has 3 nitrogen and oxygen atoms in total. The first-order valence-electron chi connectivity index (χ1n) is 6.47. The topological polar surface area (TPSA) is 64.1 Å². The smallest absolute Gasteiger partial charge is 0.0202 e. The third kappa shape index (κ3) is 8.82. The van der Waals surface area contributed by atoms with Crippen LogP contribution in [0.5, 0.6) is 0 Å². The monoisotopic (exact) mass is 337 g/mol. The molecule has 0 spiro atoms. The van der Waals surface area contributed by atoms with Gasteiger partial charge < -0.3 is 16.8 Å². The molecule has 0 atom stereocenters. The molecular formula is C16H24BrN3. The number of halogens is 1. The number of nitrogens with one attached hydrogen (secondary N) is 1. The molecule has 4 heteroatoms. The van der Waals surface area contributed by atoms with Gasteiger partial charge in [-0.15, -0.1) is 0 Å². The van der Waals surface area contributed by atoms with Crippen molar-refractivity contribution in [2.24, 2.45) is 11.5 Å². The molecule has 0 aliphatic heterocycles. The van der Waals surface area contributed by atoms with Gasteiger partial charge in [-0.1, -0.05) is 58.4 Å². The van der Waals surface area contributed by atoms with E-state index in [1.807, 2.05) is 49.5 Å². The Morgan fingerprint density at radius 1 is 0.900 bits per heavy atom. The van der Waals surface area contributed by atoms with E-state index in [0.29, 0.717) is 6.54 Å². The van der Waals surface area contributed by atoms with Crippen LogP contribution in [0.4, 0.5) is 0 Å². The first-order valence-corrected chi connectivity index (χ1v) is 7.26. The lowest BCUT2D eigenvalue weighted by Gasteiger charge is -1.95. The molecule has 2 rings (SSSR count). The Morgan fingerprint density at radius 2 is 1.45 bits per heavy atom. The normalized spacial score (nSPS) is 8.85. The summed E-state index contributed by atoms with van der Waals surface area (Å²) in [6.07, 6.45) is 0. The predicted octanol–water partition coefficient (Wildman–Crippen LogP) is 2.89. The summed E-state index contributed by atoms with van der Waals surface area (Å²) in [5.41, 5.74) is 12.4. The van der Waals surface area contributed by atoms with Crippen molar-refractivity contribution in [3.63, 3.8) is 0 Å². The molecule has 2 aromatic carbocycles. The fourth-order valence-electron chi connectivity index (χ4n) is 1.42. The molecule has 0 bridgehead atoms. The zero-order chi connectivity index (χ0) is 15.2. The second-order valence-electron chi connectivity index (χ2n) is 3.85. The van der Waals surface area contributed by atoms with E-state index in [-0.39, 0.29) is 0 Å². The maximum absolute atomic E-state index is 5.38. The second kappa shape index (κ2) is 12.8. The maximum Gasteiger partial charge on any atom is 0.0202 e. The summed E-state index contributed by atoms with van der Waals surface area (Å²) < 4.78 is 1.10. The molecule has 0 radical (unpaired) electrons. The third-order valence-corrected chi connectivity index (χ3v) is 2.90. The molecule has 0 saturated heterocycles. The van der Waals surface area contributed by atoms with E-state index in [1.165, 1.54) is 18.2 Å². The van der Waals surface area contributed by atoms with Gasteiger partial charge in [-0.3, -0.25) is 0 Å². The average Bonchev–Trinajstić information content (AvgIpc) is 2.52. The number of hydrogen-bond acceptors (Lipinski definition) is 3. The molecule has 0 amide bonds. The Morgan fingerprint density at radius 3 is 1.90 bits per heavy atom. The Kier molecular flexibility index (Phi) is 12.0. The highest BCUT2D eigenvalue weighted by molar-refractivity contribution is 9.10. The van der Waals surface area contributed by atoms with Crippen molar-refractivity contribution in [1.82, 2.24) is 5.32 Å². The zero-order valence-electron chi connectivity index (χ0n) is 12.1. The van der Waals surface area contributed by atoms with Gasteiger partial charge in [-0.05, 0) is 37.4 Å². The lowest BCUT2D eigenvalue weighted by molar-refractivity contribution is 0.818. The molecule has 0 aliphatic carbocycles. The molecule has 0 heterocycles. The van der Waals surface area contributed by atoms with E-state index in [2.05, 4.69) is 39.1 Å². The Labute approximate surface area is 130 Å². The van der Waals surface area contributed by atoms with Crippen LogP contribution in [0.1, 0.15) is 11.1 Å². The summed E-state index contributed by atoms with van der Waals surface area (Å²) in [6, 6.07) is 18.3. The largest absolute Gasteiger partial charge is 0.333 e. The first-order chi connectivity index (χ1) is 9.76. The number of hydrogen-bond donors (Lipinski definition) is 3. The molecule has 0 aromatic heterocycles. The van der Waals surface area contributed by atoms with Crippen LogP contribution in [-0.4, -0.2) is 14.1 Å². The van der Waals surface area contributed by atoms with Gasteiger partial charge in [0.2, 0.25) is 0 Å². The summed E-state index contributed by atoms with van der Waals surface area (Å²) in [7, 11) is 3.45. The van der Waals surface area contributed by atoms with Crippen LogP contribution in [0.15, 0.2) is 59.1 Å². The van der Waals surface area contributed by atoms with Gasteiger partial charge in [0.05, 0.1) is 0 Å². The summed E-state index contributed by atoms with van der Waals surface area (Å²) >= 11 is 3.33. The summed E-state index contributed by atoms with van der Waals surface area (Å²) in [5, 5.41) is 3.08. The molecule has 0 saturated carbocycles. The van der Waals surface area contributed by atoms with E-state index in [1.54, 1.807) is 0 Å². The molecule has 5 N–H and O–H groups in total. The van der Waals surface area contributed by atoms with E-state index >= 15 is 0 Å². The van der Waals surface area contributed by atoms with E-state index in [0.717, 1.165) is 11.0 Å². The van der Waals surface area contributed by atoms with E-state index in [9.17, 15) is 0 Å². The van der Waals surface area contributed by atoms with Crippen molar-refractivity contribution >= 4 is 15.9 Å². The molecule has 20 heavy (non-hydrogen) atoms. The fourth-order valence-corrected chi connectivity index (χ4v) is 1.68. The minimum atomic E-state index is 0.618. The van der Waals surface area contributed by atoms with Crippen molar-refractivity contribution in [3.05, 3.63) is 70.2 Å². The van der Waals surface area contributed by atoms with Gasteiger partial charge in [0.25, 0.3) is 0 Å². The summed E-state index contributed by atoms with van der Waals surface area (Å²) in [6.45, 7) is 1.58. The number of benzene rings is 2. The van der Waals surface area contributed by atoms with Crippen LogP contribution in [0.3, 0.4) is 0 Å². The molecule has 0 fully saturated rings. The average molecular weight is 338 g/mol. The molecule has 110 valence electrons. The lowest BCUT2D eigenvalue weighted by Crippen LogP contribution is -2.04. The van der Waals surface area contributed by atoms with Crippen molar-refractivity contribution < 1.29 is 0 Å². The summed E-state index contributed by atoms with van der Waals surface area (Å²) in [5.74, 6) is 0. The van der Waals surface area contributed by atoms with Crippen molar-refractivity contribution in [3.8, 4) is 0 Å². The minimum absolute atomic E-state index is 0.618. The van der Waals surface area contributed by atoms with Crippen LogP contribution in [-0.2, 0) is 13.1 Å². The lowest BCUT2D eigenvalue weighted by atomic mass is 10.2. The Balaban J connectivity index is 0.000000321. The van der Waals surface area contributed by atoms with Crippen molar-refractivity contribution in [1.29, 1.82) is 0 Å². The van der Waals surface area contributed by atoms with E-state index in [4.69, 9.17) is 5.73 Å². The van der Waals surface area contributed by atoms with Gasteiger partial charge >= 0.3 is 0 Å². The van der Waals surface area contributed by atoms with Gasteiger partial charge in [-0.25, -0.2) is 0 Å². The SMILES string of the molecule is CN.CNCc1ccccc1.NCc1ccc(Br)cc1. The number of nitrogens with two attached hydrogens (primary N) is 2. The minimum Gasteiger partial charge on any atom is -0.333 e.